The number of aliphatic carboxylic acids is 1. The summed E-state index contributed by atoms with van der Waals surface area (Å²) in [7, 11) is -4.01. The zero-order valence-corrected chi connectivity index (χ0v) is 19.3. The molecule has 1 unspecified atom stereocenters. The SMILES string of the molecule is Cc1c(CC(=O)O)c2cc(F)ccc2n1S(=O)(=O)c1ccc([AsH]c2ccncc2)cc1. The van der Waals surface area contributed by atoms with Crippen molar-refractivity contribution in [1.82, 2.24) is 8.96 Å². The molecule has 158 valence electrons. The van der Waals surface area contributed by atoms with Gasteiger partial charge in [-0.05, 0) is 0 Å². The molecule has 4 aromatic rings. The van der Waals surface area contributed by atoms with Crippen molar-refractivity contribution < 1.29 is 22.7 Å². The molecule has 0 saturated carbocycles. The molecule has 0 aliphatic carbocycles. The predicted molar refractivity (Wildman–Crippen MR) is 118 cm³/mol. The molecule has 0 bridgehead atoms. The second-order valence-electron chi connectivity index (χ2n) is 6.95. The summed E-state index contributed by atoms with van der Waals surface area (Å²) < 4.78 is 44.1. The van der Waals surface area contributed by atoms with Crippen LogP contribution in [-0.2, 0) is 21.2 Å². The van der Waals surface area contributed by atoms with Crippen molar-refractivity contribution >= 4 is 51.4 Å². The first-order valence-corrected chi connectivity index (χ1v) is 12.8. The summed E-state index contributed by atoms with van der Waals surface area (Å²) in [5, 5.41) is 9.53. The molecule has 0 amide bonds. The first kappa shape index (κ1) is 21.3. The number of hydrogen-bond donors (Lipinski definition) is 1. The Kier molecular flexibility index (Phi) is 5.69. The molecule has 0 aliphatic heterocycles. The van der Waals surface area contributed by atoms with Crippen LogP contribution in [0.4, 0.5) is 4.39 Å². The molecule has 0 radical (unpaired) electrons. The number of carbonyl (C=O) groups is 1. The second-order valence-corrected chi connectivity index (χ2v) is 11.7. The number of hydrogen-bond acceptors (Lipinski definition) is 4. The summed E-state index contributed by atoms with van der Waals surface area (Å²) >= 11 is -0.620. The average Bonchev–Trinajstić information content (AvgIpc) is 3.00. The van der Waals surface area contributed by atoms with Gasteiger partial charge in [0.1, 0.15) is 0 Å². The molecule has 2 aromatic heterocycles. The number of carboxylic acid groups (broad SMARTS) is 1. The van der Waals surface area contributed by atoms with E-state index >= 15 is 0 Å². The molecule has 2 aromatic carbocycles. The van der Waals surface area contributed by atoms with Crippen molar-refractivity contribution in [3.63, 3.8) is 0 Å². The van der Waals surface area contributed by atoms with E-state index in [0.717, 1.165) is 8.32 Å². The summed E-state index contributed by atoms with van der Waals surface area (Å²) in [5.41, 5.74) is 0.799. The van der Waals surface area contributed by atoms with Crippen LogP contribution in [-0.4, -0.2) is 44.2 Å². The fraction of sp³-hybridized carbons (Fsp3) is 0.0909. The van der Waals surface area contributed by atoms with Crippen molar-refractivity contribution in [2.24, 2.45) is 0 Å². The first-order chi connectivity index (χ1) is 14.8. The van der Waals surface area contributed by atoms with Gasteiger partial charge in [0.2, 0.25) is 0 Å². The summed E-state index contributed by atoms with van der Waals surface area (Å²) in [5.74, 6) is -1.67. The average molecular weight is 500 g/mol. The summed E-state index contributed by atoms with van der Waals surface area (Å²) in [6.07, 6.45) is 3.06. The number of nitrogens with zero attached hydrogens (tertiary/aromatic N) is 2. The number of aromatic nitrogens is 2. The van der Waals surface area contributed by atoms with Crippen LogP contribution in [0.25, 0.3) is 10.9 Å². The van der Waals surface area contributed by atoms with Gasteiger partial charge in [0, 0.05) is 0 Å². The van der Waals surface area contributed by atoms with Gasteiger partial charge in [-0.2, -0.15) is 0 Å². The molecular formula is C22H18AsFN2O4S. The topological polar surface area (TPSA) is 89.3 Å². The molecular weight excluding hydrogens is 482 g/mol. The van der Waals surface area contributed by atoms with Gasteiger partial charge in [0.25, 0.3) is 0 Å². The van der Waals surface area contributed by atoms with Gasteiger partial charge >= 0.3 is 185 Å². The number of carboxylic acids is 1. The second kappa shape index (κ2) is 8.29. The molecule has 0 aliphatic rings. The minimum absolute atomic E-state index is 0.0868. The van der Waals surface area contributed by atoms with Crippen LogP contribution >= 0.6 is 0 Å². The quantitative estimate of drug-likeness (QED) is 0.408. The van der Waals surface area contributed by atoms with E-state index < -0.39 is 44.0 Å². The Balaban J connectivity index is 1.78. The fourth-order valence-corrected chi connectivity index (χ4v) is 7.17. The Morgan fingerprint density at radius 3 is 2.35 bits per heavy atom. The van der Waals surface area contributed by atoms with Gasteiger partial charge in [-0.15, -0.1) is 0 Å². The molecule has 1 N–H and O–H groups in total. The molecule has 2 heterocycles. The van der Waals surface area contributed by atoms with Gasteiger partial charge in [0.15, 0.2) is 0 Å². The Hall–Kier alpha value is -2.96. The molecule has 1 atom stereocenters. The number of rotatable bonds is 6. The van der Waals surface area contributed by atoms with Gasteiger partial charge in [-0.1, -0.05) is 0 Å². The van der Waals surface area contributed by atoms with Crippen LogP contribution in [0.2, 0.25) is 0 Å². The maximum atomic E-state index is 13.8. The third-order valence-electron chi connectivity index (χ3n) is 4.93. The Morgan fingerprint density at radius 1 is 1.06 bits per heavy atom. The molecule has 0 spiro atoms. The third-order valence-corrected chi connectivity index (χ3v) is 9.36. The van der Waals surface area contributed by atoms with Crippen molar-refractivity contribution in [3.05, 3.63) is 84.1 Å². The third kappa shape index (κ3) is 4.13. The standard InChI is InChI=1S/C22H18AsFN2O4S/c1-14-19(13-22(27)28)20-12-17(24)4-7-21(20)26(14)31(29,30)18-5-2-15(3-6-18)23-16-8-10-25-11-9-16/h2-12,23H,13H2,1H3,(H,27,28). The number of benzene rings is 2. The van der Waals surface area contributed by atoms with E-state index in [9.17, 15) is 22.7 Å². The van der Waals surface area contributed by atoms with Crippen molar-refractivity contribution in [1.29, 1.82) is 0 Å². The van der Waals surface area contributed by atoms with Crippen molar-refractivity contribution in [2.45, 2.75) is 18.2 Å². The van der Waals surface area contributed by atoms with Crippen LogP contribution in [0.3, 0.4) is 0 Å². The van der Waals surface area contributed by atoms with Gasteiger partial charge in [-0.3, -0.25) is 0 Å². The Labute approximate surface area is 185 Å². The minimum atomic E-state index is -4.01. The zero-order valence-electron chi connectivity index (χ0n) is 16.4. The number of halogens is 1. The van der Waals surface area contributed by atoms with E-state index in [1.54, 1.807) is 36.7 Å². The summed E-state index contributed by atoms with van der Waals surface area (Å²) in [4.78, 5) is 15.4. The predicted octanol–water partition coefficient (Wildman–Crippen LogP) is 1.74. The van der Waals surface area contributed by atoms with E-state index in [4.69, 9.17) is 0 Å². The van der Waals surface area contributed by atoms with Crippen LogP contribution in [0, 0.1) is 12.7 Å². The Bertz CT molecular complexity index is 1380. The van der Waals surface area contributed by atoms with E-state index in [1.165, 1.54) is 29.5 Å². The van der Waals surface area contributed by atoms with E-state index in [1.807, 2.05) is 12.1 Å². The monoisotopic (exact) mass is 500 g/mol. The van der Waals surface area contributed by atoms with Crippen LogP contribution in [0.5, 0.6) is 0 Å². The fourth-order valence-electron chi connectivity index (χ4n) is 3.53. The van der Waals surface area contributed by atoms with Gasteiger partial charge in [-0.25, -0.2) is 0 Å². The van der Waals surface area contributed by atoms with Crippen molar-refractivity contribution in [3.8, 4) is 0 Å². The van der Waals surface area contributed by atoms with Crippen LogP contribution < -0.4 is 8.70 Å². The number of pyridine rings is 1. The van der Waals surface area contributed by atoms with E-state index in [-0.39, 0.29) is 27.1 Å². The molecule has 6 nitrogen and oxygen atoms in total. The van der Waals surface area contributed by atoms with Gasteiger partial charge in [0.05, 0.1) is 0 Å². The zero-order chi connectivity index (χ0) is 22.2. The normalized spacial score (nSPS) is 12.1. The van der Waals surface area contributed by atoms with Crippen molar-refractivity contribution in [2.75, 3.05) is 0 Å². The molecule has 0 fully saturated rings. The van der Waals surface area contributed by atoms with Gasteiger partial charge < -0.3 is 0 Å². The molecule has 31 heavy (non-hydrogen) atoms. The van der Waals surface area contributed by atoms with E-state index in [0.29, 0.717) is 0 Å². The molecule has 4 rings (SSSR count). The summed E-state index contributed by atoms with van der Waals surface area (Å²) in [6.45, 7) is 1.54. The summed E-state index contributed by atoms with van der Waals surface area (Å²) in [6, 6.07) is 14.3. The van der Waals surface area contributed by atoms with Crippen LogP contribution in [0.15, 0.2) is 71.9 Å². The first-order valence-electron chi connectivity index (χ1n) is 9.31. The maximum absolute atomic E-state index is 13.8. The Morgan fingerprint density at radius 2 is 1.71 bits per heavy atom. The molecule has 9 heteroatoms. The number of fused-ring (bicyclic) bond motifs is 1. The van der Waals surface area contributed by atoms with Crippen LogP contribution in [0.1, 0.15) is 11.3 Å². The molecule has 0 saturated heterocycles. The van der Waals surface area contributed by atoms with E-state index in [2.05, 4.69) is 4.98 Å².